The van der Waals surface area contributed by atoms with E-state index in [1.54, 1.807) is 11.8 Å². The summed E-state index contributed by atoms with van der Waals surface area (Å²) in [6.45, 7) is 3.63. The van der Waals surface area contributed by atoms with Gasteiger partial charge in [0.15, 0.2) is 0 Å². The molecule has 1 aliphatic heterocycles. The van der Waals surface area contributed by atoms with E-state index in [9.17, 15) is 18.3 Å². The van der Waals surface area contributed by atoms with Crippen LogP contribution in [0.15, 0.2) is 0 Å². The Morgan fingerprint density at radius 1 is 1.29 bits per heavy atom. The molecule has 1 aromatic heterocycles. The largest absolute Gasteiger partial charge is 0.451 e. The highest BCUT2D eigenvalue weighted by atomic mass is 19.4. The highest BCUT2D eigenvalue weighted by Gasteiger charge is 2.37. The molecular formula is C13H18F3N3O2. The van der Waals surface area contributed by atoms with Crippen molar-refractivity contribution >= 4 is 5.82 Å². The van der Waals surface area contributed by atoms with Crippen molar-refractivity contribution < 1.29 is 23.4 Å². The standard InChI is InChI=1S/C13H18F3N3O2/c1-7-8(2)17-12(13(14,15)16)18-11(7)19-4-3-9(6-20)10(21)5-19/h9-10,20-21H,3-6H2,1-2H3/t9-,10+/m0/s1. The number of nitrogens with zero attached hydrogens (tertiary/aromatic N) is 3. The molecule has 0 amide bonds. The van der Waals surface area contributed by atoms with Crippen LogP contribution in [0.4, 0.5) is 19.0 Å². The molecule has 2 atom stereocenters. The number of aliphatic hydroxyl groups is 2. The number of rotatable bonds is 2. The second-order valence-corrected chi connectivity index (χ2v) is 5.32. The summed E-state index contributed by atoms with van der Waals surface area (Å²) in [5, 5.41) is 19.0. The van der Waals surface area contributed by atoms with Crippen LogP contribution in [0.3, 0.4) is 0 Å². The van der Waals surface area contributed by atoms with E-state index in [0.29, 0.717) is 18.5 Å². The van der Waals surface area contributed by atoms with Gasteiger partial charge >= 0.3 is 6.18 Å². The maximum Gasteiger partial charge on any atom is 0.451 e. The first-order valence-corrected chi connectivity index (χ1v) is 6.70. The minimum atomic E-state index is -4.60. The van der Waals surface area contributed by atoms with Gasteiger partial charge in [0, 0.05) is 36.9 Å². The molecule has 118 valence electrons. The second-order valence-electron chi connectivity index (χ2n) is 5.32. The number of β-amino-alcohol motifs (C(OH)–C–C–N with tert-alkyl or cyclic N) is 1. The van der Waals surface area contributed by atoms with Crippen molar-refractivity contribution in [2.75, 3.05) is 24.6 Å². The number of piperidine rings is 1. The van der Waals surface area contributed by atoms with Crippen LogP contribution >= 0.6 is 0 Å². The number of aryl methyl sites for hydroxylation is 1. The van der Waals surface area contributed by atoms with Crippen LogP contribution in [-0.2, 0) is 6.18 Å². The Morgan fingerprint density at radius 2 is 1.95 bits per heavy atom. The fourth-order valence-electron chi connectivity index (χ4n) is 2.43. The lowest BCUT2D eigenvalue weighted by Crippen LogP contribution is -2.46. The number of halogens is 3. The van der Waals surface area contributed by atoms with Gasteiger partial charge in [0.1, 0.15) is 5.82 Å². The number of hydrogen-bond donors (Lipinski definition) is 2. The summed E-state index contributed by atoms with van der Waals surface area (Å²) >= 11 is 0. The van der Waals surface area contributed by atoms with Crippen LogP contribution in [0.5, 0.6) is 0 Å². The molecule has 8 heteroatoms. The maximum atomic E-state index is 12.8. The van der Waals surface area contributed by atoms with E-state index < -0.39 is 18.1 Å². The highest BCUT2D eigenvalue weighted by Crippen LogP contribution is 2.31. The van der Waals surface area contributed by atoms with Crippen molar-refractivity contribution in [3.63, 3.8) is 0 Å². The molecule has 2 heterocycles. The molecule has 0 aromatic carbocycles. The monoisotopic (exact) mass is 305 g/mol. The van der Waals surface area contributed by atoms with Crippen LogP contribution in [0.2, 0.25) is 0 Å². The van der Waals surface area contributed by atoms with Gasteiger partial charge in [-0.15, -0.1) is 0 Å². The lowest BCUT2D eigenvalue weighted by atomic mass is 9.94. The third-order valence-corrected chi connectivity index (χ3v) is 3.87. The number of anilines is 1. The molecule has 0 aliphatic carbocycles. The number of aliphatic hydroxyl groups excluding tert-OH is 2. The Hall–Kier alpha value is -1.41. The van der Waals surface area contributed by atoms with E-state index in [4.69, 9.17) is 5.11 Å². The van der Waals surface area contributed by atoms with Crippen LogP contribution in [-0.4, -0.2) is 46.0 Å². The predicted molar refractivity (Wildman–Crippen MR) is 69.9 cm³/mol. The van der Waals surface area contributed by atoms with Gasteiger partial charge in [0.2, 0.25) is 5.82 Å². The van der Waals surface area contributed by atoms with Gasteiger partial charge < -0.3 is 15.1 Å². The van der Waals surface area contributed by atoms with Gasteiger partial charge in [0.05, 0.1) is 6.10 Å². The lowest BCUT2D eigenvalue weighted by Gasteiger charge is -2.36. The Morgan fingerprint density at radius 3 is 2.48 bits per heavy atom. The zero-order valence-corrected chi connectivity index (χ0v) is 11.9. The fourth-order valence-corrected chi connectivity index (χ4v) is 2.43. The van der Waals surface area contributed by atoms with Crippen molar-refractivity contribution in [2.24, 2.45) is 5.92 Å². The van der Waals surface area contributed by atoms with Crippen LogP contribution < -0.4 is 4.90 Å². The van der Waals surface area contributed by atoms with Crippen LogP contribution in [0, 0.1) is 19.8 Å². The van der Waals surface area contributed by atoms with Gasteiger partial charge in [-0.25, -0.2) is 9.97 Å². The predicted octanol–water partition coefficient (Wildman–Crippen LogP) is 1.29. The van der Waals surface area contributed by atoms with Crippen molar-refractivity contribution in [1.29, 1.82) is 0 Å². The molecule has 0 spiro atoms. The number of aromatic nitrogens is 2. The smallest absolute Gasteiger partial charge is 0.396 e. The normalized spacial score (nSPS) is 23.5. The zero-order valence-electron chi connectivity index (χ0n) is 11.9. The topological polar surface area (TPSA) is 69.5 Å². The molecule has 2 rings (SSSR count). The molecule has 5 nitrogen and oxygen atoms in total. The van der Waals surface area contributed by atoms with E-state index >= 15 is 0 Å². The van der Waals surface area contributed by atoms with Gasteiger partial charge in [-0.2, -0.15) is 13.2 Å². The quantitative estimate of drug-likeness (QED) is 0.862. The molecule has 1 saturated heterocycles. The SMILES string of the molecule is Cc1nc(C(F)(F)F)nc(N2CC[C@@H](CO)[C@H](O)C2)c1C. The summed E-state index contributed by atoms with van der Waals surface area (Å²) < 4.78 is 38.4. The Labute approximate surface area is 120 Å². The first kappa shape index (κ1) is 16.0. The Balaban J connectivity index is 2.33. The molecule has 0 bridgehead atoms. The number of hydrogen-bond acceptors (Lipinski definition) is 5. The molecule has 0 radical (unpaired) electrons. The molecule has 1 aliphatic rings. The average molecular weight is 305 g/mol. The Kier molecular flexibility index (Phi) is 4.38. The van der Waals surface area contributed by atoms with Gasteiger partial charge in [-0.3, -0.25) is 0 Å². The summed E-state index contributed by atoms with van der Waals surface area (Å²) in [5.41, 5.74) is 0.837. The summed E-state index contributed by atoms with van der Waals surface area (Å²) in [6, 6.07) is 0. The lowest BCUT2D eigenvalue weighted by molar-refractivity contribution is -0.145. The van der Waals surface area contributed by atoms with Gasteiger partial charge in [-0.05, 0) is 20.3 Å². The first-order chi connectivity index (χ1) is 9.74. The third-order valence-electron chi connectivity index (χ3n) is 3.87. The molecule has 2 N–H and O–H groups in total. The van der Waals surface area contributed by atoms with E-state index in [2.05, 4.69) is 9.97 Å². The molecule has 21 heavy (non-hydrogen) atoms. The maximum absolute atomic E-state index is 12.8. The van der Waals surface area contributed by atoms with Crippen molar-refractivity contribution in [2.45, 2.75) is 32.5 Å². The third kappa shape index (κ3) is 3.26. The van der Waals surface area contributed by atoms with Gasteiger partial charge in [-0.1, -0.05) is 0 Å². The summed E-state index contributed by atoms with van der Waals surface area (Å²) in [6.07, 6.45) is -4.88. The van der Waals surface area contributed by atoms with E-state index in [1.807, 2.05) is 0 Å². The molecule has 0 unspecified atom stereocenters. The van der Waals surface area contributed by atoms with Crippen molar-refractivity contribution in [3.05, 3.63) is 17.1 Å². The summed E-state index contributed by atoms with van der Waals surface area (Å²) in [5.74, 6) is -1.21. The summed E-state index contributed by atoms with van der Waals surface area (Å²) in [4.78, 5) is 8.74. The molecule has 1 fully saturated rings. The second kappa shape index (κ2) is 5.76. The first-order valence-electron chi connectivity index (χ1n) is 6.70. The zero-order chi connectivity index (χ0) is 15.8. The minimum Gasteiger partial charge on any atom is -0.396 e. The number of alkyl halides is 3. The van der Waals surface area contributed by atoms with Gasteiger partial charge in [0.25, 0.3) is 0 Å². The summed E-state index contributed by atoms with van der Waals surface area (Å²) in [7, 11) is 0. The average Bonchev–Trinajstić information content (AvgIpc) is 2.40. The fraction of sp³-hybridized carbons (Fsp3) is 0.692. The van der Waals surface area contributed by atoms with Crippen LogP contribution in [0.25, 0.3) is 0 Å². The molecule has 0 saturated carbocycles. The minimum absolute atomic E-state index is 0.134. The highest BCUT2D eigenvalue weighted by molar-refractivity contribution is 5.49. The molecule has 1 aromatic rings. The Bertz CT molecular complexity index is 522. The van der Waals surface area contributed by atoms with Crippen molar-refractivity contribution in [3.8, 4) is 0 Å². The van der Waals surface area contributed by atoms with E-state index in [0.717, 1.165) is 0 Å². The van der Waals surface area contributed by atoms with Crippen molar-refractivity contribution in [1.82, 2.24) is 9.97 Å². The van der Waals surface area contributed by atoms with E-state index in [1.165, 1.54) is 6.92 Å². The van der Waals surface area contributed by atoms with E-state index in [-0.39, 0.29) is 30.6 Å². The van der Waals surface area contributed by atoms with Crippen LogP contribution in [0.1, 0.15) is 23.5 Å². The molecular weight excluding hydrogens is 287 g/mol.